The van der Waals surface area contributed by atoms with E-state index in [-0.39, 0.29) is 6.10 Å². The number of anilines is 2. The number of hydrogen-bond acceptors (Lipinski definition) is 6. The minimum absolute atomic E-state index is 0.0754. The van der Waals surface area contributed by atoms with Gasteiger partial charge in [-0.1, -0.05) is 0 Å². The summed E-state index contributed by atoms with van der Waals surface area (Å²) in [6, 6.07) is 7.35. The van der Waals surface area contributed by atoms with E-state index in [0.717, 1.165) is 30.4 Å². The van der Waals surface area contributed by atoms with Crippen molar-refractivity contribution < 1.29 is 4.74 Å². The molecule has 0 aliphatic carbocycles. The van der Waals surface area contributed by atoms with Gasteiger partial charge in [0, 0.05) is 41.9 Å². The maximum absolute atomic E-state index is 8.49. The van der Waals surface area contributed by atoms with Crippen LogP contribution in [0.3, 0.4) is 0 Å². The molecule has 24 heavy (non-hydrogen) atoms. The lowest BCUT2D eigenvalue weighted by Crippen LogP contribution is -2.32. The number of rotatable bonds is 5. The van der Waals surface area contributed by atoms with Crippen LogP contribution in [0.25, 0.3) is 0 Å². The highest BCUT2D eigenvalue weighted by Gasteiger charge is 2.17. The first-order valence-electron chi connectivity index (χ1n) is 8.08. The summed E-state index contributed by atoms with van der Waals surface area (Å²) in [7, 11) is 0. The fourth-order valence-electron chi connectivity index (χ4n) is 2.64. The van der Waals surface area contributed by atoms with Gasteiger partial charge < -0.3 is 15.4 Å². The third-order valence-corrected chi connectivity index (χ3v) is 4.78. The summed E-state index contributed by atoms with van der Waals surface area (Å²) >= 11 is 1.96. The van der Waals surface area contributed by atoms with Crippen LogP contribution in [0.1, 0.15) is 25.1 Å². The van der Waals surface area contributed by atoms with Crippen molar-refractivity contribution in [3.63, 3.8) is 0 Å². The van der Waals surface area contributed by atoms with Gasteiger partial charge in [-0.3, -0.25) is 10.5 Å². The molecular weight excluding hydrogens is 322 g/mol. The van der Waals surface area contributed by atoms with E-state index < -0.39 is 0 Å². The number of benzene rings is 1. The quantitative estimate of drug-likeness (QED) is 0.572. The molecule has 0 amide bonds. The lowest BCUT2D eigenvalue weighted by molar-refractivity contribution is 0.242. The van der Waals surface area contributed by atoms with E-state index in [1.54, 1.807) is 6.07 Å². The van der Waals surface area contributed by atoms with Crippen molar-refractivity contribution in [2.24, 2.45) is 0 Å². The Morgan fingerprint density at radius 1 is 1.33 bits per heavy atom. The first kappa shape index (κ1) is 16.7. The number of nitrogens with one attached hydrogen (secondary N) is 2. The Morgan fingerprint density at radius 3 is 2.79 bits per heavy atom. The molecule has 2 heterocycles. The van der Waals surface area contributed by atoms with Crippen molar-refractivity contribution in [2.45, 2.75) is 20.0 Å². The molecule has 1 aromatic carbocycles. The van der Waals surface area contributed by atoms with Crippen molar-refractivity contribution in [1.29, 1.82) is 5.41 Å². The SMILES string of the molecule is CC(C)Oc1ccc(N)c(C(=N)c2cc(N3CCSCC3)n[nH]2)c1. The Balaban J connectivity index is 1.82. The maximum Gasteiger partial charge on any atom is 0.151 e. The number of nitrogens with two attached hydrogens (primary N) is 1. The normalized spacial score (nSPS) is 14.9. The Kier molecular flexibility index (Phi) is 4.99. The highest BCUT2D eigenvalue weighted by atomic mass is 32.2. The maximum atomic E-state index is 8.49. The Labute approximate surface area is 146 Å². The summed E-state index contributed by atoms with van der Waals surface area (Å²) in [6.07, 6.45) is 0.0754. The summed E-state index contributed by atoms with van der Waals surface area (Å²) in [6.45, 7) is 5.92. The predicted octanol–water partition coefficient (Wildman–Crippen LogP) is 2.75. The second-order valence-electron chi connectivity index (χ2n) is 6.03. The van der Waals surface area contributed by atoms with E-state index in [4.69, 9.17) is 15.9 Å². The molecule has 1 saturated heterocycles. The average molecular weight is 345 g/mol. The summed E-state index contributed by atoms with van der Waals surface area (Å²) in [4.78, 5) is 2.24. The largest absolute Gasteiger partial charge is 0.491 e. The molecule has 0 radical (unpaired) electrons. The summed E-state index contributed by atoms with van der Waals surface area (Å²) in [5, 5.41) is 15.8. The van der Waals surface area contributed by atoms with Gasteiger partial charge in [-0.2, -0.15) is 16.9 Å². The standard InChI is InChI=1S/C17H23N5OS/c1-11(2)23-12-3-4-14(18)13(9-12)17(19)15-10-16(21-20-15)22-5-7-24-8-6-22/h3-4,9-11,19H,5-8,18H2,1-2H3,(H,20,21). The lowest BCUT2D eigenvalue weighted by Gasteiger charge is -2.25. The topological polar surface area (TPSA) is 91.0 Å². The van der Waals surface area contributed by atoms with Crippen LogP contribution in [0, 0.1) is 5.41 Å². The van der Waals surface area contributed by atoms with E-state index in [0.29, 0.717) is 28.4 Å². The number of H-pyrrole nitrogens is 1. The molecule has 3 rings (SSSR count). The van der Waals surface area contributed by atoms with Crippen LogP contribution >= 0.6 is 11.8 Å². The van der Waals surface area contributed by atoms with Crippen LogP contribution in [0.4, 0.5) is 11.5 Å². The van der Waals surface area contributed by atoms with E-state index in [2.05, 4.69) is 15.1 Å². The molecule has 2 aromatic rings. The van der Waals surface area contributed by atoms with Gasteiger partial charge in [0.05, 0.1) is 17.5 Å². The van der Waals surface area contributed by atoms with Gasteiger partial charge in [0.25, 0.3) is 0 Å². The lowest BCUT2D eigenvalue weighted by atomic mass is 10.0. The smallest absolute Gasteiger partial charge is 0.151 e. The first-order chi connectivity index (χ1) is 11.5. The van der Waals surface area contributed by atoms with Crippen molar-refractivity contribution in [3.05, 3.63) is 35.5 Å². The predicted molar refractivity (Wildman–Crippen MR) is 101 cm³/mol. The second-order valence-corrected chi connectivity index (χ2v) is 7.25. The summed E-state index contributed by atoms with van der Waals surface area (Å²) < 4.78 is 5.71. The van der Waals surface area contributed by atoms with Crippen molar-refractivity contribution in [2.75, 3.05) is 35.2 Å². The van der Waals surface area contributed by atoms with Crippen molar-refractivity contribution in [3.8, 4) is 5.75 Å². The molecule has 4 N–H and O–H groups in total. The molecule has 1 aromatic heterocycles. The molecule has 1 aliphatic rings. The molecule has 7 heteroatoms. The third-order valence-electron chi connectivity index (χ3n) is 3.83. The molecule has 0 saturated carbocycles. The third kappa shape index (κ3) is 3.67. The zero-order valence-electron chi connectivity index (χ0n) is 14.0. The van der Waals surface area contributed by atoms with E-state index in [9.17, 15) is 0 Å². The van der Waals surface area contributed by atoms with Crippen LogP contribution in [0.5, 0.6) is 5.75 Å². The first-order valence-corrected chi connectivity index (χ1v) is 9.23. The fraction of sp³-hybridized carbons (Fsp3) is 0.412. The molecule has 0 unspecified atom stereocenters. The minimum atomic E-state index is 0.0754. The van der Waals surface area contributed by atoms with Crippen molar-refractivity contribution in [1.82, 2.24) is 10.2 Å². The minimum Gasteiger partial charge on any atom is -0.491 e. The number of nitrogen functional groups attached to an aromatic ring is 1. The number of thioether (sulfide) groups is 1. The van der Waals surface area contributed by atoms with Gasteiger partial charge in [-0.05, 0) is 32.0 Å². The van der Waals surface area contributed by atoms with Gasteiger partial charge >= 0.3 is 0 Å². The van der Waals surface area contributed by atoms with Crippen LogP contribution in [-0.2, 0) is 0 Å². The highest BCUT2D eigenvalue weighted by Crippen LogP contribution is 2.24. The van der Waals surface area contributed by atoms with E-state index >= 15 is 0 Å². The zero-order chi connectivity index (χ0) is 17.1. The Hall–Kier alpha value is -2.15. The number of aromatic amines is 1. The van der Waals surface area contributed by atoms with Crippen molar-refractivity contribution >= 4 is 29.0 Å². The van der Waals surface area contributed by atoms with Crippen LogP contribution < -0.4 is 15.4 Å². The monoisotopic (exact) mass is 345 g/mol. The zero-order valence-corrected chi connectivity index (χ0v) is 14.8. The summed E-state index contributed by atoms with van der Waals surface area (Å²) in [5.41, 5.74) is 8.26. The number of aromatic nitrogens is 2. The van der Waals surface area contributed by atoms with Gasteiger partial charge in [0.1, 0.15) is 5.75 Å². The second kappa shape index (κ2) is 7.17. The highest BCUT2D eigenvalue weighted by molar-refractivity contribution is 7.99. The Bertz CT molecular complexity index is 722. The van der Waals surface area contributed by atoms with E-state index in [1.165, 1.54) is 0 Å². The number of ether oxygens (including phenoxy) is 1. The Morgan fingerprint density at radius 2 is 2.08 bits per heavy atom. The van der Waals surface area contributed by atoms with Gasteiger partial charge in [0.2, 0.25) is 0 Å². The van der Waals surface area contributed by atoms with Gasteiger partial charge in [-0.25, -0.2) is 0 Å². The molecule has 1 aliphatic heterocycles. The average Bonchev–Trinajstić information content (AvgIpc) is 3.06. The molecule has 6 nitrogen and oxygen atoms in total. The summed E-state index contributed by atoms with van der Waals surface area (Å²) in [5.74, 6) is 3.83. The van der Waals surface area contributed by atoms with Gasteiger partial charge in [0.15, 0.2) is 5.82 Å². The van der Waals surface area contributed by atoms with Crippen LogP contribution in [0.2, 0.25) is 0 Å². The molecule has 128 valence electrons. The molecular formula is C17H23N5OS. The number of nitrogens with zero attached hydrogens (tertiary/aromatic N) is 2. The molecule has 0 atom stereocenters. The number of hydrogen-bond donors (Lipinski definition) is 3. The molecule has 0 bridgehead atoms. The van der Waals surface area contributed by atoms with Gasteiger partial charge in [-0.15, -0.1) is 0 Å². The molecule has 1 fully saturated rings. The van der Waals surface area contributed by atoms with E-state index in [1.807, 2.05) is 43.8 Å². The molecule has 0 spiro atoms. The van der Waals surface area contributed by atoms with Crippen LogP contribution in [-0.4, -0.2) is 46.6 Å². The van der Waals surface area contributed by atoms with Crippen LogP contribution in [0.15, 0.2) is 24.3 Å². The fourth-order valence-corrected chi connectivity index (χ4v) is 3.54.